The number of rotatable bonds is 5. The maximum Gasteiger partial charge on any atom is 0.337 e. The lowest BCUT2D eigenvalue weighted by Gasteiger charge is -2.24. The van der Waals surface area contributed by atoms with Gasteiger partial charge in [0.05, 0.1) is 39.4 Å². The minimum atomic E-state index is -0.911. The molecule has 2 aromatic carbocycles. The topological polar surface area (TPSA) is 96.8 Å². The number of aliphatic hydroxyl groups is 1. The summed E-state index contributed by atoms with van der Waals surface area (Å²) in [6, 6.07) is 12.9. The second-order valence-electron chi connectivity index (χ2n) is 8.18. The van der Waals surface area contributed by atoms with Crippen LogP contribution in [0.5, 0.6) is 0 Å². The Kier molecular flexibility index (Phi) is 5.74. The molecule has 0 spiro atoms. The summed E-state index contributed by atoms with van der Waals surface area (Å²) < 4.78 is 5.68. The van der Waals surface area contributed by atoms with Crippen LogP contribution < -0.4 is 4.90 Å². The maximum atomic E-state index is 13.4. The fraction of sp³-hybridized carbons (Fsp3) is 0.154. The van der Waals surface area contributed by atoms with Crippen molar-refractivity contribution < 1.29 is 24.2 Å². The molecule has 5 rings (SSSR count). The van der Waals surface area contributed by atoms with Crippen LogP contribution in [0.25, 0.3) is 10.2 Å². The van der Waals surface area contributed by atoms with Crippen molar-refractivity contribution in [1.82, 2.24) is 4.98 Å². The summed E-state index contributed by atoms with van der Waals surface area (Å²) in [6.07, 6.45) is 0. The second kappa shape index (κ2) is 8.75. The van der Waals surface area contributed by atoms with Gasteiger partial charge in [0.2, 0.25) is 5.78 Å². The van der Waals surface area contributed by atoms with Crippen molar-refractivity contribution in [3.63, 3.8) is 0 Å². The predicted octanol–water partition coefficient (Wildman–Crippen LogP) is 5.54. The molecule has 9 heteroatoms. The van der Waals surface area contributed by atoms with Crippen molar-refractivity contribution in [2.24, 2.45) is 0 Å². The number of ether oxygens (including phenoxy) is 1. The van der Waals surface area contributed by atoms with Gasteiger partial charge in [0, 0.05) is 0 Å². The number of fused-ring (bicyclic) bond motifs is 1. The number of thiazole rings is 1. The molecule has 0 saturated carbocycles. The van der Waals surface area contributed by atoms with Crippen LogP contribution in [-0.4, -0.2) is 34.9 Å². The summed E-state index contributed by atoms with van der Waals surface area (Å²) in [6.45, 7) is 3.94. The highest BCUT2D eigenvalue weighted by Gasteiger charge is 2.46. The minimum absolute atomic E-state index is 0.0181. The van der Waals surface area contributed by atoms with Gasteiger partial charge in [0.25, 0.3) is 5.91 Å². The van der Waals surface area contributed by atoms with Gasteiger partial charge in [0.15, 0.2) is 10.9 Å². The number of methoxy groups -OCH3 is 1. The molecule has 1 unspecified atom stereocenters. The molecular formula is C26H20N2O5S2. The van der Waals surface area contributed by atoms with E-state index in [0.717, 1.165) is 21.3 Å². The smallest absolute Gasteiger partial charge is 0.337 e. The van der Waals surface area contributed by atoms with Crippen LogP contribution in [0.1, 0.15) is 42.8 Å². The summed E-state index contributed by atoms with van der Waals surface area (Å²) in [5, 5.41) is 13.1. The molecule has 0 fully saturated rings. The van der Waals surface area contributed by atoms with Gasteiger partial charge in [-0.15, -0.1) is 11.3 Å². The van der Waals surface area contributed by atoms with E-state index in [0.29, 0.717) is 21.1 Å². The van der Waals surface area contributed by atoms with Gasteiger partial charge in [0.1, 0.15) is 0 Å². The largest absolute Gasteiger partial charge is 0.503 e. The molecular weight excluding hydrogens is 484 g/mol. The predicted molar refractivity (Wildman–Crippen MR) is 135 cm³/mol. The van der Waals surface area contributed by atoms with Gasteiger partial charge in [-0.2, -0.15) is 0 Å². The first-order valence-electron chi connectivity index (χ1n) is 10.7. The summed E-state index contributed by atoms with van der Waals surface area (Å²) in [5.74, 6) is -2.22. The van der Waals surface area contributed by atoms with Crippen molar-refractivity contribution in [1.29, 1.82) is 0 Å². The Bertz CT molecular complexity index is 1520. The Balaban J connectivity index is 1.67. The average Bonchev–Trinajstić information content (AvgIpc) is 3.57. The zero-order valence-electron chi connectivity index (χ0n) is 19.1. The summed E-state index contributed by atoms with van der Waals surface area (Å²) in [7, 11) is 1.29. The number of aromatic nitrogens is 1. The third kappa shape index (κ3) is 3.82. The molecule has 35 heavy (non-hydrogen) atoms. The Morgan fingerprint density at radius 3 is 2.51 bits per heavy atom. The molecule has 0 radical (unpaired) electrons. The van der Waals surface area contributed by atoms with Crippen molar-refractivity contribution in [2.75, 3.05) is 12.0 Å². The SMILES string of the molecule is COC(=O)c1ccc(C2C(C(=O)c3cccs3)=C(O)C(=O)N2c2nc3c(C)cc(C)cc3s2)cc1. The number of aryl methyl sites for hydroxylation is 2. The van der Waals surface area contributed by atoms with Crippen molar-refractivity contribution in [3.05, 3.63) is 92.4 Å². The normalized spacial score (nSPS) is 15.8. The number of Topliss-reactive ketones (excluding diaryl/α,β-unsaturated/α-hetero) is 1. The molecule has 0 aliphatic carbocycles. The van der Waals surface area contributed by atoms with E-state index in [1.54, 1.807) is 41.8 Å². The van der Waals surface area contributed by atoms with Crippen LogP contribution in [0, 0.1) is 13.8 Å². The Hall–Kier alpha value is -3.82. The fourth-order valence-electron chi connectivity index (χ4n) is 4.27. The number of carbonyl (C=O) groups is 3. The van der Waals surface area contributed by atoms with Crippen LogP contribution in [0.4, 0.5) is 5.13 Å². The van der Waals surface area contributed by atoms with Gasteiger partial charge in [-0.1, -0.05) is 35.6 Å². The van der Waals surface area contributed by atoms with E-state index in [1.165, 1.54) is 34.7 Å². The number of amides is 1. The molecule has 0 bridgehead atoms. The lowest BCUT2D eigenvalue weighted by atomic mass is 9.95. The molecule has 3 heterocycles. The van der Waals surface area contributed by atoms with E-state index in [9.17, 15) is 19.5 Å². The third-order valence-electron chi connectivity index (χ3n) is 5.87. The van der Waals surface area contributed by atoms with E-state index in [1.807, 2.05) is 26.0 Å². The van der Waals surface area contributed by atoms with Gasteiger partial charge in [-0.25, -0.2) is 9.78 Å². The molecule has 1 N–H and O–H groups in total. The van der Waals surface area contributed by atoms with E-state index in [-0.39, 0.29) is 5.57 Å². The zero-order valence-corrected chi connectivity index (χ0v) is 20.7. The highest BCUT2D eigenvalue weighted by molar-refractivity contribution is 7.22. The van der Waals surface area contributed by atoms with Gasteiger partial charge in [-0.05, 0) is 60.2 Å². The molecule has 176 valence electrons. The standard InChI is InChI=1S/C26H20N2O5S2/c1-13-11-14(2)20-18(12-13)35-26(27-20)28-21(15-6-8-16(9-7-15)25(32)33-3)19(23(30)24(28)31)22(29)17-5-4-10-34-17/h4-12,21,30H,1-3H3. The lowest BCUT2D eigenvalue weighted by molar-refractivity contribution is -0.117. The Morgan fingerprint density at radius 1 is 1.11 bits per heavy atom. The highest BCUT2D eigenvalue weighted by atomic mass is 32.1. The first-order chi connectivity index (χ1) is 16.8. The number of hydrogen-bond acceptors (Lipinski definition) is 8. The zero-order chi connectivity index (χ0) is 24.9. The maximum absolute atomic E-state index is 13.4. The molecule has 1 atom stereocenters. The fourth-order valence-corrected chi connectivity index (χ4v) is 6.12. The molecule has 4 aromatic rings. The molecule has 1 aliphatic heterocycles. The number of nitrogens with zero attached hydrogens (tertiary/aromatic N) is 2. The number of thiophene rings is 1. The van der Waals surface area contributed by atoms with Crippen LogP contribution in [0.3, 0.4) is 0 Å². The molecule has 2 aromatic heterocycles. The van der Waals surface area contributed by atoms with Gasteiger partial charge in [-0.3, -0.25) is 14.5 Å². The van der Waals surface area contributed by atoms with Crippen LogP contribution in [0.15, 0.2) is 65.2 Å². The van der Waals surface area contributed by atoms with E-state index in [2.05, 4.69) is 0 Å². The monoisotopic (exact) mass is 504 g/mol. The third-order valence-corrected chi connectivity index (χ3v) is 7.74. The highest BCUT2D eigenvalue weighted by Crippen LogP contribution is 2.45. The quantitative estimate of drug-likeness (QED) is 0.283. The van der Waals surface area contributed by atoms with Crippen LogP contribution >= 0.6 is 22.7 Å². The number of aliphatic hydroxyl groups excluding tert-OH is 1. The van der Waals surface area contributed by atoms with Crippen molar-refractivity contribution in [2.45, 2.75) is 19.9 Å². The van der Waals surface area contributed by atoms with Crippen LogP contribution in [-0.2, 0) is 9.53 Å². The Labute approximate surface area is 208 Å². The van der Waals surface area contributed by atoms with Gasteiger partial charge >= 0.3 is 5.97 Å². The average molecular weight is 505 g/mol. The minimum Gasteiger partial charge on any atom is -0.503 e. The van der Waals surface area contributed by atoms with E-state index < -0.39 is 29.5 Å². The number of anilines is 1. The van der Waals surface area contributed by atoms with Crippen molar-refractivity contribution >= 4 is 55.7 Å². The number of benzene rings is 2. The van der Waals surface area contributed by atoms with Crippen LogP contribution in [0.2, 0.25) is 0 Å². The van der Waals surface area contributed by atoms with E-state index >= 15 is 0 Å². The second-order valence-corrected chi connectivity index (χ2v) is 10.1. The molecule has 7 nitrogen and oxygen atoms in total. The number of carbonyl (C=O) groups excluding carboxylic acids is 3. The molecule has 0 saturated heterocycles. The summed E-state index contributed by atoms with van der Waals surface area (Å²) in [5.41, 5.74) is 3.68. The summed E-state index contributed by atoms with van der Waals surface area (Å²) in [4.78, 5) is 45.2. The first-order valence-corrected chi connectivity index (χ1v) is 12.4. The Morgan fingerprint density at radius 2 is 1.86 bits per heavy atom. The van der Waals surface area contributed by atoms with Gasteiger partial charge < -0.3 is 9.84 Å². The molecule has 1 aliphatic rings. The first kappa shape index (κ1) is 22.9. The summed E-state index contributed by atoms with van der Waals surface area (Å²) >= 11 is 2.56. The van der Waals surface area contributed by atoms with E-state index in [4.69, 9.17) is 9.72 Å². The number of ketones is 1. The van der Waals surface area contributed by atoms with Crippen molar-refractivity contribution in [3.8, 4) is 0 Å². The lowest BCUT2D eigenvalue weighted by Crippen LogP contribution is -2.31. The molecule has 1 amide bonds. The number of esters is 1. The number of hydrogen-bond donors (Lipinski definition) is 1.